The zero-order chi connectivity index (χ0) is 30.6. The molecule has 0 saturated heterocycles. The first-order valence-corrected chi connectivity index (χ1v) is 15.7. The number of rotatable bonds is 9. The second kappa shape index (κ2) is 13.2. The van der Waals surface area contributed by atoms with Gasteiger partial charge in [0, 0.05) is 32.7 Å². The molecule has 222 valence electrons. The van der Waals surface area contributed by atoms with Gasteiger partial charge in [-0.2, -0.15) is 4.98 Å². The maximum atomic E-state index is 13.9. The topological polar surface area (TPSA) is 81.1 Å². The number of hydrogen-bond acceptors (Lipinski definition) is 6. The molecule has 4 aromatic carbocycles. The van der Waals surface area contributed by atoms with Crippen LogP contribution >= 0.6 is 35.0 Å². The average molecular weight is 643 g/mol. The molecule has 7 nitrogen and oxygen atoms in total. The molecule has 0 fully saturated rings. The molecule has 2 N–H and O–H groups in total. The number of hydrogen-bond donors (Lipinski definition) is 2. The summed E-state index contributed by atoms with van der Waals surface area (Å²) < 4.78 is 7.81. The molecule has 44 heavy (non-hydrogen) atoms. The van der Waals surface area contributed by atoms with E-state index in [0.29, 0.717) is 44.8 Å². The molecular weight excluding hydrogens is 613 g/mol. The van der Waals surface area contributed by atoms with Crippen LogP contribution in [-0.4, -0.2) is 20.7 Å². The Hall–Kier alpha value is -4.24. The molecule has 0 saturated carbocycles. The van der Waals surface area contributed by atoms with Gasteiger partial charge in [0.15, 0.2) is 0 Å². The minimum absolute atomic E-state index is 0.219. The van der Waals surface area contributed by atoms with Crippen LogP contribution in [0.1, 0.15) is 35.2 Å². The minimum Gasteiger partial charge on any atom is -0.489 e. The summed E-state index contributed by atoms with van der Waals surface area (Å²) in [5, 5.41) is 13.0. The highest BCUT2D eigenvalue weighted by Gasteiger charge is 2.34. The summed E-state index contributed by atoms with van der Waals surface area (Å²) in [5.41, 5.74) is 5.91. The van der Waals surface area contributed by atoms with Crippen molar-refractivity contribution < 1.29 is 9.53 Å². The number of fused-ring (bicyclic) bond motifs is 1. The van der Waals surface area contributed by atoms with Gasteiger partial charge in [0.25, 0.3) is 5.91 Å². The molecule has 1 unspecified atom stereocenters. The summed E-state index contributed by atoms with van der Waals surface area (Å²) in [5.74, 6) is 1.75. The van der Waals surface area contributed by atoms with Gasteiger partial charge in [-0.05, 0) is 66.9 Å². The number of carbonyl (C=O) groups excluding carboxylic acids is 1. The standard InChI is InChI=1S/C34H29Cl2N5O2S/c1-21-7-6-10-27(17-21)38-32(42)30-22(2)37-33-39-34(44-20-23-8-4-3-5-9-23)40-41(33)31(30)24-12-15-28(16-13-24)43-19-25-11-14-26(35)18-29(25)36/h3-18,31H,19-20H2,1-2H3,(H,38,42)(H,37,39,40). The number of aryl methyl sites for hydroxylation is 1. The quantitative estimate of drug-likeness (QED) is 0.157. The highest BCUT2D eigenvalue weighted by Crippen LogP contribution is 2.38. The fourth-order valence-corrected chi connectivity index (χ4v) is 6.23. The van der Waals surface area contributed by atoms with E-state index in [2.05, 4.69) is 22.8 Å². The van der Waals surface area contributed by atoms with Gasteiger partial charge in [0.2, 0.25) is 11.1 Å². The van der Waals surface area contributed by atoms with Gasteiger partial charge in [-0.15, -0.1) is 5.10 Å². The fraction of sp³-hybridized carbons (Fsp3) is 0.147. The monoisotopic (exact) mass is 641 g/mol. The molecule has 1 aromatic heterocycles. The lowest BCUT2D eigenvalue weighted by molar-refractivity contribution is -0.113. The molecule has 2 heterocycles. The van der Waals surface area contributed by atoms with E-state index in [-0.39, 0.29) is 5.91 Å². The van der Waals surface area contributed by atoms with Gasteiger partial charge >= 0.3 is 0 Å². The first kappa shape index (κ1) is 29.8. The van der Waals surface area contributed by atoms with E-state index in [1.165, 1.54) is 5.56 Å². The number of halogens is 2. The van der Waals surface area contributed by atoms with Gasteiger partial charge in [-0.1, -0.05) is 95.6 Å². The third-order valence-corrected chi connectivity index (χ3v) is 8.67. The van der Waals surface area contributed by atoms with Crippen molar-refractivity contribution in [2.45, 2.75) is 37.4 Å². The Morgan fingerprint density at radius 3 is 2.52 bits per heavy atom. The van der Waals surface area contributed by atoms with E-state index in [1.807, 2.05) is 86.6 Å². The van der Waals surface area contributed by atoms with Crippen LogP contribution in [-0.2, 0) is 17.2 Å². The first-order chi connectivity index (χ1) is 21.3. The van der Waals surface area contributed by atoms with E-state index in [4.69, 9.17) is 38.0 Å². The van der Waals surface area contributed by atoms with Gasteiger partial charge < -0.3 is 15.4 Å². The number of benzene rings is 4. The number of thioether (sulfide) groups is 1. The molecule has 5 aromatic rings. The summed E-state index contributed by atoms with van der Waals surface area (Å²) in [6.45, 7) is 4.17. The van der Waals surface area contributed by atoms with Crippen LogP contribution in [0.4, 0.5) is 11.6 Å². The Kier molecular flexibility index (Phi) is 8.93. The molecule has 0 aliphatic carbocycles. The normalized spacial score (nSPS) is 14.1. The van der Waals surface area contributed by atoms with Crippen molar-refractivity contribution in [1.82, 2.24) is 14.8 Å². The summed E-state index contributed by atoms with van der Waals surface area (Å²) in [7, 11) is 0. The molecule has 10 heteroatoms. The van der Waals surface area contributed by atoms with Crippen molar-refractivity contribution in [2.24, 2.45) is 0 Å². The smallest absolute Gasteiger partial charge is 0.255 e. The number of nitrogens with one attached hydrogen (secondary N) is 2. The Labute approximate surface area is 270 Å². The predicted molar refractivity (Wildman–Crippen MR) is 178 cm³/mol. The van der Waals surface area contributed by atoms with Gasteiger partial charge in [0.05, 0.1) is 5.57 Å². The minimum atomic E-state index is -0.519. The van der Waals surface area contributed by atoms with E-state index in [1.54, 1.807) is 28.6 Å². The number of amides is 1. The Morgan fingerprint density at radius 1 is 0.977 bits per heavy atom. The van der Waals surface area contributed by atoms with Crippen molar-refractivity contribution in [2.75, 3.05) is 10.6 Å². The van der Waals surface area contributed by atoms with E-state index < -0.39 is 6.04 Å². The van der Waals surface area contributed by atoms with Crippen LogP contribution in [0.5, 0.6) is 5.75 Å². The van der Waals surface area contributed by atoms with Gasteiger partial charge in [0.1, 0.15) is 18.4 Å². The van der Waals surface area contributed by atoms with Crippen molar-refractivity contribution >= 4 is 52.5 Å². The van der Waals surface area contributed by atoms with E-state index in [9.17, 15) is 4.79 Å². The maximum absolute atomic E-state index is 13.9. The zero-order valence-corrected chi connectivity index (χ0v) is 26.4. The Balaban J connectivity index is 1.29. The SMILES string of the molecule is CC1=C(C(=O)Nc2cccc(C)c2)C(c2ccc(OCc3ccc(Cl)cc3Cl)cc2)n2nc(SCc3ccccc3)nc2N1. The van der Waals surface area contributed by atoms with E-state index >= 15 is 0 Å². The molecule has 0 spiro atoms. The number of ether oxygens (including phenoxy) is 1. The van der Waals surface area contributed by atoms with Crippen molar-refractivity contribution in [3.8, 4) is 5.75 Å². The summed E-state index contributed by atoms with van der Waals surface area (Å²) in [6, 6.07) is 30.4. The number of anilines is 2. The lowest BCUT2D eigenvalue weighted by atomic mass is 9.95. The third-order valence-electron chi connectivity index (χ3n) is 7.17. The second-order valence-corrected chi connectivity index (χ2v) is 12.2. The first-order valence-electron chi connectivity index (χ1n) is 14.0. The Morgan fingerprint density at radius 2 is 1.77 bits per heavy atom. The van der Waals surface area contributed by atoms with Crippen molar-refractivity contribution in [1.29, 1.82) is 0 Å². The van der Waals surface area contributed by atoms with Crippen LogP contribution in [0, 0.1) is 6.92 Å². The molecule has 0 radical (unpaired) electrons. The largest absolute Gasteiger partial charge is 0.489 e. The van der Waals surface area contributed by atoms with Crippen molar-refractivity contribution in [3.05, 3.63) is 141 Å². The second-order valence-electron chi connectivity index (χ2n) is 10.4. The molecule has 1 aliphatic heterocycles. The lowest BCUT2D eigenvalue weighted by Crippen LogP contribution is -2.31. The fourth-order valence-electron chi connectivity index (χ4n) is 4.98. The summed E-state index contributed by atoms with van der Waals surface area (Å²) >= 11 is 13.9. The molecular formula is C34H29Cl2N5O2S. The molecule has 1 aliphatic rings. The van der Waals surface area contributed by atoms with Crippen LogP contribution in [0.25, 0.3) is 0 Å². The van der Waals surface area contributed by atoms with Crippen molar-refractivity contribution in [3.63, 3.8) is 0 Å². The summed E-state index contributed by atoms with van der Waals surface area (Å²) in [6.07, 6.45) is 0. The molecule has 1 atom stereocenters. The molecule has 1 amide bonds. The number of allylic oxidation sites excluding steroid dienone is 1. The highest BCUT2D eigenvalue weighted by atomic mass is 35.5. The number of carbonyl (C=O) groups is 1. The van der Waals surface area contributed by atoms with Crippen LogP contribution < -0.4 is 15.4 Å². The van der Waals surface area contributed by atoms with Crippen LogP contribution in [0.2, 0.25) is 10.0 Å². The Bertz CT molecular complexity index is 1840. The molecule has 6 rings (SSSR count). The van der Waals surface area contributed by atoms with Gasteiger partial charge in [-0.25, -0.2) is 4.68 Å². The van der Waals surface area contributed by atoms with Crippen LogP contribution in [0.15, 0.2) is 113 Å². The van der Waals surface area contributed by atoms with E-state index in [0.717, 1.165) is 28.1 Å². The summed E-state index contributed by atoms with van der Waals surface area (Å²) in [4.78, 5) is 18.6. The average Bonchev–Trinajstić information content (AvgIpc) is 3.42. The number of nitrogens with zero attached hydrogens (tertiary/aromatic N) is 3. The predicted octanol–water partition coefficient (Wildman–Crippen LogP) is 8.69. The lowest BCUT2D eigenvalue weighted by Gasteiger charge is -2.28. The molecule has 0 bridgehead atoms. The maximum Gasteiger partial charge on any atom is 0.255 e. The zero-order valence-electron chi connectivity index (χ0n) is 24.1. The van der Waals surface area contributed by atoms with Crippen LogP contribution in [0.3, 0.4) is 0 Å². The highest BCUT2D eigenvalue weighted by molar-refractivity contribution is 7.98. The third kappa shape index (κ3) is 6.78. The number of aromatic nitrogens is 3. The van der Waals surface area contributed by atoms with Gasteiger partial charge in [-0.3, -0.25) is 4.79 Å².